The lowest BCUT2D eigenvalue weighted by Crippen LogP contribution is -2.45. The summed E-state index contributed by atoms with van der Waals surface area (Å²) in [4.78, 5) is 12.5. The number of carbonyl (C=O) groups is 1. The Bertz CT molecular complexity index is 688. The molecular formula is C17H28N2O5S. The van der Waals surface area contributed by atoms with Crippen molar-refractivity contribution >= 4 is 21.6 Å². The van der Waals surface area contributed by atoms with Crippen LogP contribution in [0.4, 0.5) is 5.88 Å². The highest BCUT2D eigenvalue weighted by atomic mass is 32.2. The lowest BCUT2D eigenvalue weighted by Gasteiger charge is -2.23. The minimum atomic E-state index is -3.58. The van der Waals surface area contributed by atoms with E-state index < -0.39 is 20.5 Å². The van der Waals surface area contributed by atoms with E-state index in [1.807, 2.05) is 13.8 Å². The number of sulfone groups is 1. The van der Waals surface area contributed by atoms with Gasteiger partial charge in [0.2, 0.25) is 11.8 Å². The highest BCUT2D eigenvalue weighted by Crippen LogP contribution is 2.28. The summed E-state index contributed by atoms with van der Waals surface area (Å²) >= 11 is 0. The largest absolute Gasteiger partial charge is 0.381 e. The van der Waals surface area contributed by atoms with Gasteiger partial charge in [0, 0.05) is 25.2 Å². The lowest BCUT2D eigenvalue weighted by atomic mass is 9.97. The fourth-order valence-electron chi connectivity index (χ4n) is 2.58. The van der Waals surface area contributed by atoms with Crippen LogP contribution in [0, 0.1) is 5.92 Å². The number of rotatable bonds is 7. The second-order valence-electron chi connectivity index (χ2n) is 7.47. The number of nitrogens with one attached hydrogen (secondary N) is 1. The van der Waals surface area contributed by atoms with E-state index in [4.69, 9.17) is 9.26 Å². The molecule has 2 heterocycles. The van der Waals surface area contributed by atoms with Crippen LogP contribution in [0.3, 0.4) is 0 Å². The molecule has 1 fully saturated rings. The van der Waals surface area contributed by atoms with Crippen LogP contribution in [-0.2, 0) is 19.4 Å². The van der Waals surface area contributed by atoms with Gasteiger partial charge < -0.3 is 9.26 Å². The molecule has 8 heteroatoms. The van der Waals surface area contributed by atoms with Crippen LogP contribution in [-0.4, -0.2) is 43.2 Å². The third kappa shape index (κ3) is 4.82. The Hall–Kier alpha value is -1.41. The molecule has 1 aromatic heterocycles. The van der Waals surface area contributed by atoms with Crippen molar-refractivity contribution in [1.29, 1.82) is 0 Å². The molecule has 1 amide bonds. The summed E-state index contributed by atoms with van der Waals surface area (Å²) in [6.07, 6.45) is 2.24. The maximum Gasteiger partial charge on any atom is 0.247 e. The molecule has 1 N–H and O–H groups in total. The molecule has 25 heavy (non-hydrogen) atoms. The van der Waals surface area contributed by atoms with Crippen molar-refractivity contribution in [3.8, 4) is 0 Å². The number of anilines is 1. The van der Waals surface area contributed by atoms with Crippen LogP contribution in [0.2, 0.25) is 0 Å². The van der Waals surface area contributed by atoms with Gasteiger partial charge in [-0.1, -0.05) is 19.0 Å². The highest BCUT2D eigenvalue weighted by molar-refractivity contribution is 7.93. The monoisotopic (exact) mass is 372 g/mol. The molecule has 1 aliphatic heterocycles. The molecule has 0 spiro atoms. The third-order valence-electron chi connectivity index (χ3n) is 4.69. The first-order chi connectivity index (χ1) is 11.6. The Labute approximate surface area is 149 Å². The number of hydrogen-bond donors (Lipinski definition) is 1. The van der Waals surface area contributed by atoms with Crippen molar-refractivity contribution < 1.29 is 22.5 Å². The van der Waals surface area contributed by atoms with E-state index in [-0.39, 0.29) is 23.5 Å². The van der Waals surface area contributed by atoms with Gasteiger partial charge in [-0.2, -0.15) is 0 Å². The Morgan fingerprint density at radius 3 is 2.60 bits per heavy atom. The van der Waals surface area contributed by atoms with Gasteiger partial charge in [-0.25, -0.2) is 8.42 Å². The number of carbonyl (C=O) groups excluding carboxylic acids is 1. The molecule has 142 valence electrons. The number of nitrogens with zero attached hydrogens (tertiary/aromatic N) is 1. The van der Waals surface area contributed by atoms with E-state index in [1.165, 1.54) is 13.8 Å². The molecule has 0 saturated carbocycles. The molecule has 1 aromatic rings. The van der Waals surface area contributed by atoms with Crippen LogP contribution in [0.15, 0.2) is 10.6 Å². The van der Waals surface area contributed by atoms with Gasteiger partial charge in [0.1, 0.15) is 4.75 Å². The number of ether oxygens (including phenoxy) is 1. The van der Waals surface area contributed by atoms with Crippen LogP contribution < -0.4 is 5.32 Å². The first kappa shape index (κ1) is 19.9. The third-order valence-corrected chi connectivity index (χ3v) is 7.21. The second kappa shape index (κ2) is 7.86. The molecule has 1 aliphatic rings. The summed E-state index contributed by atoms with van der Waals surface area (Å²) < 4.78 is 34.0. The molecular weight excluding hydrogens is 344 g/mol. The summed E-state index contributed by atoms with van der Waals surface area (Å²) in [5, 5.41) is 6.56. The van der Waals surface area contributed by atoms with E-state index in [0.29, 0.717) is 19.6 Å². The van der Waals surface area contributed by atoms with Crippen molar-refractivity contribution in [3.63, 3.8) is 0 Å². The smallest absolute Gasteiger partial charge is 0.247 e. The summed E-state index contributed by atoms with van der Waals surface area (Å²) in [5.41, 5.74) is 0.763. The van der Waals surface area contributed by atoms with Crippen LogP contribution >= 0.6 is 0 Å². The first-order valence-corrected chi connectivity index (χ1v) is 10.4. The molecule has 0 radical (unpaired) electrons. The zero-order valence-electron chi connectivity index (χ0n) is 15.4. The molecule has 2 rings (SSSR count). The molecule has 0 atom stereocenters. The number of hydrogen-bond acceptors (Lipinski definition) is 6. The van der Waals surface area contributed by atoms with Crippen molar-refractivity contribution in [2.75, 3.05) is 24.3 Å². The number of aromatic nitrogens is 1. The predicted molar refractivity (Wildman–Crippen MR) is 95.2 cm³/mol. The quantitative estimate of drug-likeness (QED) is 0.790. The lowest BCUT2D eigenvalue weighted by molar-refractivity contribution is -0.118. The molecule has 7 nitrogen and oxygen atoms in total. The Morgan fingerprint density at radius 1 is 1.36 bits per heavy atom. The first-order valence-electron chi connectivity index (χ1n) is 8.71. The topological polar surface area (TPSA) is 98.5 Å². The maximum absolute atomic E-state index is 12.5. The van der Waals surface area contributed by atoms with Gasteiger partial charge >= 0.3 is 0 Å². The van der Waals surface area contributed by atoms with Gasteiger partial charge in [-0.15, -0.1) is 0 Å². The zero-order chi connectivity index (χ0) is 18.7. The van der Waals surface area contributed by atoms with Crippen molar-refractivity contribution in [3.05, 3.63) is 11.8 Å². The molecule has 0 unspecified atom stereocenters. The van der Waals surface area contributed by atoms with Gasteiger partial charge in [-0.05, 0) is 39.0 Å². The average molecular weight is 372 g/mol. The summed E-state index contributed by atoms with van der Waals surface area (Å²) in [6.45, 7) is 8.12. The average Bonchev–Trinajstić information content (AvgIpc) is 3.02. The van der Waals surface area contributed by atoms with Crippen molar-refractivity contribution in [2.45, 2.75) is 57.6 Å². The SMILES string of the molecule is CC(C)CCS(=O)(=O)C(C)(C)C(=O)Nc1cc(C2CCOCC2)no1. The van der Waals surface area contributed by atoms with Gasteiger partial charge in [0.25, 0.3) is 0 Å². The summed E-state index contributed by atoms with van der Waals surface area (Å²) in [6, 6.07) is 1.67. The fraction of sp³-hybridized carbons (Fsp3) is 0.765. The Morgan fingerprint density at radius 2 is 2.00 bits per heavy atom. The Balaban J connectivity index is 2.04. The van der Waals surface area contributed by atoms with Gasteiger partial charge in [0.05, 0.1) is 11.4 Å². The molecule has 1 saturated heterocycles. The summed E-state index contributed by atoms with van der Waals surface area (Å²) in [7, 11) is -3.58. The predicted octanol–water partition coefficient (Wildman–Crippen LogP) is 2.75. The molecule has 0 bridgehead atoms. The van der Waals surface area contributed by atoms with Gasteiger partial charge in [-0.3, -0.25) is 10.1 Å². The van der Waals surface area contributed by atoms with E-state index in [1.54, 1.807) is 6.07 Å². The minimum absolute atomic E-state index is 0.0190. The van der Waals surface area contributed by atoms with E-state index in [2.05, 4.69) is 10.5 Å². The maximum atomic E-state index is 12.5. The van der Waals surface area contributed by atoms with E-state index >= 15 is 0 Å². The van der Waals surface area contributed by atoms with Crippen molar-refractivity contribution in [2.24, 2.45) is 5.92 Å². The standard InChI is InChI=1S/C17H28N2O5S/c1-12(2)7-10-25(21,22)17(3,4)16(20)18-15-11-14(19-24-15)13-5-8-23-9-6-13/h11-13H,5-10H2,1-4H3,(H,18,20). The zero-order valence-corrected chi connectivity index (χ0v) is 16.2. The van der Waals surface area contributed by atoms with E-state index in [0.717, 1.165) is 18.5 Å². The number of amides is 1. The van der Waals surface area contributed by atoms with Crippen LogP contribution in [0.1, 0.15) is 58.6 Å². The fourth-order valence-corrected chi connectivity index (χ4v) is 4.21. The van der Waals surface area contributed by atoms with E-state index in [9.17, 15) is 13.2 Å². The van der Waals surface area contributed by atoms with Gasteiger partial charge in [0.15, 0.2) is 9.84 Å². The van der Waals surface area contributed by atoms with Crippen molar-refractivity contribution in [1.82, 2.24) is 5.16 Å². The Kier molecular flexibility index (Phi) is 6.26. The van der Waals surface area contributed by atoms with Crippen LogP contribution in [0.5, 0.6) is 0 Å². The normalized spacial score (nSPS) is 17.0. The summed E-state index contributed by atoms with van der Waals surface area (Å²) in [5.74, 6) is 0.0508. The second-order valence-corrected chi connectivity index (χ2v) is 10.1. The highest BCUT2D eigenvalue weighted by Gasteiger charge is 2.41. The molecule has 0 aliphatic carbocycles. The minimum Gasteiger partial charge on any atom is -0.381 e. The van der Waals surface area contributed by atoms with Crippen LogP contribution in [0.25, 0.3) is 0 Å². The molecule has 0 aromatic carbocycles.